The largest absolute Gasteiger partial charge is 0.354 e. The van der Waals surface area contributed by atoms with E-state index >= 15 is 0 Å². The zero-order chi connectivity index (χ0) is 18.3. The summed E-state index contributed by atoms with van der Waals surface area (Å²) in [5, 5.41) is 16.8. The maximum absolute atomic E-state index is 4.78. The van der Waals surface area contributed by atoms with Crippen molar-refractivity contribution in [3.05, 3.63) is 36.2 Å². The fraction of sp³-hybridized carbons (Fsp3) is 0.556. The number of fused-ring (bicyclic) bond motifs is 1. The Bertz CT molecular complexity index is 897. The molecule has 0 aliphatic carbocycles. The second-order valence-corrected chi connectivity index (χ2v) is 8.13. The topological polar surface area (TPSA) is 76.2 Å². The Morgan fingerprint density at radius 2 is 2.00 bits per heavy atom. The minimum absolute atomic E-state index is 0.0851. The third kappa shape index (κ3) is 3.16. The second-order valence-electron chi connectivity index (χ2n) is 8.13. The van der Waals surface area contributed by atoms with Gasteiger partial charge >= 0.3 is 0 Å². The van der Waals surface area contributed by atoms with Gasteiger partial charge in [-0.05, 0) is 12.1 Å². The molecule has 0 unspecified atom stereocenters. The summed E-state index contributed by atoms with van der Waals surface area (Å²) in [6, 6.07) is 4.04. The van der Waals surface area contributed by atoms with Crippen LogP contribution in [0.25, 0.3) is 5.65 Å². The smallest absolute Gasteiger partial charge is 0.178 e. The predicted octanol–water partition coefficient (Wildman–Crippen LogP) is 1.38. The van der Waals surface area contributed by atoms with Gasteiger partial charge in [-0.15, -0.1) is 15.3 Å². The molecular formula is C18H26N8. The van der Waals surface area contributed by atoms with Crippen LogP contribution in [-0.4, -0.2) is 49.0 Å². The van der Waals surface area contributed by atoms with Crippen LogP contribution in [0.1, 0.15) is 32.3 Å². The van der Waals surface area contributed by atoms with Gasteiger partial charge in [0.2, 0.25) is 0 Å². The van der Waals surface area contributed by atoms with E-state index in [0.717, 1.165) is 43.5 Å². The van der Waals surface area contributed by atoms with Gasteiger partial charge in [-0.2, -0.15) is 4.52 Å². The third-order valence-corrected chi connectivity index (χ3v) is 4.86. The summed E-state index contributed by atoms with van der Waals surface area (Å²) in [7, 11) is 2.02. The predicted molar refractivity (Wildman–Crippen MR) is 100 cm³/mol. The van der Waals surface area contributed by atoms with E-state index in [0.29, 0.717) is 5.92 Å². The lowest BCUT2D eigenvalue weighted by atomic mass is 9.96. The van der Waals surface area contributed by atoms with Gasteiger partial charge in [0.1, 0.15) is 5.82 Å². The van der Waals surface area contributed by atoms with Gasteiger partial charge in [-0.25, -0.2) is 4.98 Å². The molecule has 1 fully saturated rings. The van der Waals surface area contributed by atoms with E-state index in [1.807, 2.05) is 40.8 Å². The van der Waals surface area contributed by atoms with E-state index in [4.69, 9.17) is 5.10 Å². The molecule has 138 valence electrons. The Labute approximate surface area is 153 Å². The Morgan fingerprint density at radius 1 is 1.19 bits per heavy atom. The monoisotopic (exact) mass is 354 g/mol. The van der Waals surface area contributed by atoms with Gasteiger partial charge < -0.3 is 14.8 Å². The van der Waals surface area contributed by atoms with E-state index in [1.165, 1.54) is 5.69 Å². The highest BCUT2D eigenvalue weighted by Crippen LogP contribution is 2.25. The lowest BCUT2D eigenvalue weighted by Gasteiger charge is -2.40. The van der Waals surface area contributed by atoms with Gasteiger partial charge in [-0.1, -0.05) is 20.8 Å². The first-order chi connectivity index (χ1) is 12.4. The molecule has 0 amide bonds. The highest BCUT2D eigenvalue weighted by Gasteiger charge is 2.29. The quantitative estimate of drug-likeness (QED) is 0.746. The Balaban J connectivity index is 1.36. The van der Waals surface area contributed by atoms with E-state index < -0.39 is 0 Å². The van der Waals surface area contributed by atoms with Gasteiger partial charge in [-0.3, -0.25) is 0 Å². The fourth-order valence-electron chi connectivity index (χ4n) is 3.26. The molecule has 1 saturated heterocycles. The maximum Gasteiger partial charge on any atom is 0.178 e. The van der Waals surface area contributed by atoms with E-state index in [9.17, 15) is 0 Å². The molecule has 8 nitrogen and oxygen atoms in total. The van der Waals surface area contributed by atoms with Crippen LogP contribution in [-0.2, 0) is 19.0 Å². The number of rotatable bonds is 5. The zero-order valence-corrected chi connectivity index (χ0v) is 15.8. The average molecular weight is 354 g/mol. The number of nitrogens with zero attached hydrogens (tertiary/aromatic N) is 7. The summed E-state index contributed by atoms with van der Waals surface area (Å²) in [6.07, 6.45) is 3.74. The molecule has 0 spiro atoms. The van der Waals surface area contributed by atoms with Crippen LogP contribution < -0.4 is 10.2 Å². The maximum atomic E-state index is 4.78. The van der Waals surface area contributed by atoms with Crippen LogP contribution in [0.2, 0.25) is 0 Å². The molecule has 0 radical (unpaired) electrons. The first-order valence-corrected chi connectivity index (χ1v) is 9.05. The normalized spacial score (nSPS) is 15.6. The minimum Gasteiger partial charge on any atom is -0.354 e. The van der Waals surface area contributed by atoms with Crippen molar-refractivity contribution >= 4 is 11.5 Å². The number of aryl methyl sites for hydroxylation is 1. The number of anilines is 1. The second kappa shape index (κ2) is 6.35. The van der Waals surface area contributed by atoms with Crippen molar-refractivity contribution in [2.45, 2.75) is 32.7 Å². The van der Waals surface area contributed by atoms with Crippen LogP contribution in [0.5, 0.6) is 0 Å². The van der Waals surface area contributed by atoms with Crippen molar-refractivity contribution in [2.75, 3.05) is 24.5 Å². The first kappa shape index (κ1) is 17.0. The highest BCUT2D eigenvalue weighted by atomic mass is 15.4. The summed E-state index contributed by atoms with van der Waals surface area (Å²) < 4.78 is 3.93. The zero-order valence-electron chi connectivity index (χ0n) is 15.8. The van der Waals surface area contributed by atoms with Crippen LogP contribution in [0.3, 0.4) is 0 Å². The third-order valence-electron chi connectivity index (χ3n) is 4.86. The molecule has 1 aliphatic heterocycles. The van der Waals surface area contributed by atoms with Crippen molar-refractivity contribution in [2.24, 2.45) is 13.0 Å². The van der Waals surface area contributed by atoms with Crippen molar-refractivity contribution in [1.82, 2.24) is 34.7 Å². The molecule has 3 aromatic heterocycles. The Morgan fingerprint density at radius 3 is 2.69 bits per heavy atom. The first-order valence-electron chi connectivity index (χ1n) is 9.05. The molecular weight excluding hydrogens is 328 g/mol. The van der Waals surface area contributed by atoms with E-state index in [1.54, 1.807) is 0 Å². The molecule has 0 atom stereocenters. The number of imidazole rings is 1. The van der Waals surface area contributed by atoms with Crippen LogP contribution in [0, 0.1) is 5.92 Å². The molecule has 0 saturated carbocycles. The SMILES string of the molecule is Cn1cncc1CNCC1CN(c2ccc3nnc(C(C)(C)C)n3n2)C1. The van der Waals surface area contributed by atoms with E-state index in [2.05, 4.69) is 46.2 Å². The highest BCUT2D eigenvalue weighted by molar-refractivity contribution is 5.47. The molecule has 0 bridgehead atoms. The standard InChI is InChI=1S/C18H26N8/c1-18(2,3)17-22-21-15-5-6-16(23-26(15)17)25-10-13(11-25)7-19-8-14-9-20-12-24(14)4/h5-6,9,12-13,19H,7-8,10-11H2,1-4H3. The molecule has 0 aromatic carbocycles. The number of hydrogen-bond acceptors (Lipinski definition) is 6. The van der Waals surface area contributed by atoms with Crippen molar-refractivity contribution < 1.29 is 0 Å². The van der Waals surface area contributed by atoms with Gasteiger partial charge in [0.15, 0.2) is 11.5 Å². The lowest BCUT2D eigenvalue weighted by molar-refractivity contribution is 0.379. The van der Waals surface area contributed by atoms with Crippen molar-refractivity contribution in [3.63, 3.8) is 0 Å². The van der Waals surface area contributed by atoms with Crippen molar-refractivity contribution in [1.29, 1.82) is 0 Å². The summed E-state index contributed by atoms with van der Waals surface area (Å²) in [4.78, 5) is 6.45. The van der Waals surface area contributed by atoms with Crippen LogP contribution in [0.15, 0.2) is 24.7 Å². The molecule has 1 N–H and O–H groups in total. The van der Waals surface area contributed by atoms with Gasteiger partial charge in [0.05, 0.1) is 12.0 Å². The van der Waals surface area contributed by atoms with Crippen LogP contribution in [0.4, 0.5) is 5.82 Å². The summed E-state index contributed by atoms with van der Waals surface area (Å²) in [6.45, 7) is 10.3. The molecule has 4 heterocycles. The summed E-state index contributed by atoms with van der Waals surface area (Å²) in [5.74, 6) is 2.53. The van der Waals surface area contributed by atoms with E-state index in [-0.39, 0.29) is 5.41 Å². The van der Waals surface area contributed by atoms with Crippen molar-refractivity contribution in [3.8, 4) is 0 Å². The molecule has 3 aromatic rings. The fourth-order valence-corrected chi connectivity index (χ4v) is 3.26. The van der Waals surface area contributed by atoms with Crippen LogP contribution >= 0.6 is 0 Å². The molecule has 1 aliphatic rings. The summed E-state index contributed by atoms with van der Waals surface area (Å²) >= 11 is 0. The molecule has 8 heteroatoms. The van der Waals surface area contributed by atoms with Gasteiger partial charge in [0, 0.05) is 50.8 Å². The Hall–Kier alpha value is -2.48. The number of aromatic nitrogens is 6. The Kier molecular flexibility index (Phi) is 4.14. The molecule has 4 rings (SSSR count). The average Bonchev–Trinajstić information content (AvgIpc) is 3.14. The lowest BCUT2D eigenvalue weighted by Crippen LogP contribution is -2.51. The summed E-state index contributed by atoms with van der Waals surface area (Å²) in [5.41, 5.74) is 1.92. The minimum atomic E-state index is -0.0851. The number of hydrogen-bond donors (Lipinski definition) is 1. The number of nitrogens with one attached hydrogen (secondary N) is 1. The molecule has 26 heavy (non-hydrogen) atoms. The van der Waals surface area contributed by atoms with Gasteiger partial charge in [0.25, 0.3) is 0 Å².